The number of ether oxygens (including phenoxy) is 1. The number of ketones is 1. The van der Waals surface area contributed by atoms with Crippen LogP contribution in [0.25, 0.3) is 5.53 Å². The van der Waals surface area contributed by atoms with Crippen LogP contribution < -0.4 is 10.6 Å². The van der Waals surface area contributed by atoms with Crippen molar-refractivity contribution in [2.75, 3.05) is 6.54 Å². The Bertz CT molecular complexity index is 544. The molecule has 0 heterocycles. The molecule has 1 aliphatic rings. The highest BCUT2D eigenvalue weighted by atomic mass is 16.6. The van der Waals surface area contributed by atoms with E-state index in [0.29, 0.717) is 25.8 Å². The molecule has 1 rings (SSSR count). The second-order valence-electron chi connectivity index (χ2n) is 7.61. The van der Waals surface area contributed by atoms with E-state index in [9.17, 15) is 14.4 Å². The summed E-state index contributed by atoms with van der Waals surface area (Å²) in [6.07, 6.45) is 5.77. The van der Waals surface area contributed by atoms with Gasteiger partial charge in [0.25, 0.3) is 5.78 Å². The van der Waals surface area contributed by atoms with Crippen LogP contribution in [0.3, 0.4) is 0 Å². The Kier molecular flexibility index (Phi) is 8.99. The van der Waals surface area contributed by atoms with Gasteiger partial charge in [-0.2, -0.15) is 4.79 Å². The summed E-state index contributed by atoms with van der Waals surface area (Å²) in [4.78, 5) is 38.6. The Morgan fingerprint density at radius 2 is 1.88 bits per heavy atom. The molecule has 1 aliphatic carbocycles. The van der Waals surface area contributed by atoms with E-state index < -0.39 is 23.5 Å². The lowest BCUT2D eigenvalue weighted by atomic mass is 10.0. The molecule has 0 aliphatic heterocycles. The van der Waals surface area contributed by atoms with Crippen LogP contribution in [0.15, 0.2) is 0 Å². The Labute approximate surface area is 154 Å². The molecule has 0 aromatic rings. The van der Waals surface area contributed by atoms with Gasteiger partial charge in [0.05, 0.1) is 6.04 Å². The standard InChI is InChI=1S/C18H30N4O4/c1-18(2,3)26-17(25)20-11-7-6-10-14(15(23)12-21-19)22-16(24)13-8-4-5-9-13/h12-14H,4-11H2,1-3H3,(H,20,25)(H,22,24)/t14-/m1/s1. The Morgan fingerprint density at radius 1 is 1.23 bits per heavy atom. The summed E-state index contributed by atoms with van der Waals surface area (Å²) >= 11 is 0. The summed E-state index contributed by atoms with van der Waals surface area (Å²) in [6.45, 7) is 5.79. The molecular formula is C18H30N4O4. The monoisotopic (exact) mass is 366 g/mol. The molecular weight excluding hydrogens is 336 g/mol. The van der Waals surface area contributed by atoms with Gasteiger partial charge in [0.1, 0.15) is 5.60 Å². The lowest BCUT2D eigenvalue weighted by Crippen LogP contribution is -2.44. The predicted molar refractivity (Wildman–Crippen MR) is 96.7 cm³/mol. The predicted octanol–water partition coefficient (Wildman–Crippen LogP) is 2.23. The van der Waals surface area contributed by atoms with Gasteiger partial charge in [-0.25, -0.2) is 4.79 Å². The molecule has 146 valence electrons. The van der Waals surface area contributed by atoms with Gasteiger partial charge in [-0.15, -0.1) is 0 Å². The van der Waals surface area contributed by atoms with Gasteiger partial charge < -0.3 is 20.9 Å². The molecule has 0 aromatic heterocycles. The van der Waals surface area contributed by atoms with Gasteiger partial charge in [0, 0.05) is 12.5 Å². The number of carbonyl (C=O) groups excluding carboxylic acids is 3. The molecule has 2 N–H and O–H groups in total. The van der Waals surface area contributed by atoms with Crippen LogP contribution in [0.4, 0.5) is 4.79 Å². The topological polar surface area (TPSA) is 121 Å². The lowest BCUT2D eigenvalue weighted by molar-refractivity contribution is -0.129. The van der Waals surface area contributed by atoms with Crippen molar-refractivity contribution in [1.82, 2.24) is 10.6 Å². The number of unbranched alkanes of at least 4 members (excludes halogenated alkanes) is 1. The van der Waals surface area contributed by atoms with E-state index in [1.807, 2.05) is 0 Å². The van der Waals surface area contributed by atoms with Gasteiger partial charge >= 0.3 is 12.3 Å². The van der Waals surface area contributed by atoms with Crippen molar-refractivity contribution >= 4 is 24.0 Å². The second-order valence-corrected chi connectivity index (χ2v) is 7.61. The number of nitrogens with one attached hydrogen (secondary N) is 2. The van der Waals surface area contributed by atoms with Crippen molar-refractivity contribution in [1.29, 1.82) is 0 Å². The fraction of sp³-hybridized carbons (Fsp3) is 0.778. The second kappa shape index (κ2) is 10.7. The normalized spacial score (nSPS) is 15.7. The van der Waals surface area contributed by atoms with E-state index in [-0.39, 0.29) is 11.8 Å². The third kappa shape index (κ3) is 8.76. The van der Waals surface area contributed by atoms with Crippen LogP contribution in [-0.2, 0) is 14.3 Å². The Hall–Kier alpha value is -2.21. The number of carbonyl (C=O) groups is 3. The molecule has 0 bridgehead atoms. The maximum absolute atomic E-state index is 12.2. The largest absolute Gasteiger partial charge is 0.444 e. The summed E-state index contributed by atoms with van der Waals surface area (Å²) in [7, 11) is 0. The smallest absolute Gasteiger partial charge is 0.407 e. The molecule has 1 saturated carbocycles. The highest BCUT2D eigenvalue weighted by molar-refractivity contribution is 6.28. The highest BCUT2D eigenvalue weighted by Gasteiger charge is 2.28. The van der Waals surface area contributed by atoms with E-state index in [1.54, 1.807) is 20.8 Å². The van der Waals surface area contributed by atoms with Gasteiger partial charge in [-0.05, 0) is 52.9 Å². The van der Waals surface area contributed by atoms with Crippen LogP contribution in [-0.4, -0.2) is 47.0 Å². The van der Waals surface area contributed by atoms with Crippen molar-refractivity contribution in [3.8, 4) is 0 Å². The molecule has 0 unspecified atom stereocenters. The molecule has 8 heteroatoms. The van der Waals surface area contributed by atoms with E-state index in [2.05, 4.69) is 15.4 Å². The Balaban J connectivity index is 2.38. The minimum Gasteiger partial charge on any atom is -0.444 e. The van der Waals surface area contributed by atoms with Crippen LogP contribution in [0.1, 0.15) is 65.7 Å². The first-order chi connectivity index (χ1) is 12.2. The van der Waals surface area contributed by atoms with E-state index in [1.165, 1.54) is 0 Å². The van der Waals surface area contributed by atoms with Crippen molar-refractivity contribution < 1.29 is 23.9 Å². The number of nitrogens with zero attached hydrogens (tertiary/aromatic N) is 2. The zero-order valence-corrected chi connectivity index (χ0v) is 15.9. The molecule has 1 atom stereocenters. The molecule has 26 heavy (non-hydrogen) atoms. The molecule has 0 spiro atoms. The van der Waals surface area contributed by atoms with Gasteiger partial charge in [-0.3, -0.25) is 9.59 Å². The zero-order chi connectivity index (χ0) is 19.6. The maximum atomic E-state index is 12.2. The fourth-order valence-corrected chi connectivity index (χ4v) is 2.89. The summed E-state index contributed by atoms with van der Waals surface area (Å²) in [5, 5.41) is 5.42. The maximum Gasteiger partial charge on any atom is 0.407 e. The van der Waals surface area contributed by atoms with E-state index in [4.69, 9.17) is 10.3 Å². The van der Waals surface area contributed by atoms with Crippen LogP contribution in [0, 0.1) is 5.92 Å². The first-order valence-electron chi connectivity index (χ1n) is 9.21. The quantitative estimate of drug-likeness (QED) is 0.281. The van der Waals surface area contributed by atoms with Crippen molar-refractivity contribution in [2.45, 2.75) is 77.4 Å². The number of rotatable bonds is 9. The summed E-state index contributed by atoms with van der Waals surface area (Å²) < 4.78 is 5.14. The average Bonchev–Trinajstić information content (AvgIpc) is 3.06. The molecule has 8 nitrogen and oxygen atoms in total. The number of Topliss-reactive ketones (excluding diaryl/α,β-unsaturated/α-hetero) is 1. The van der Waals surface area contributed by atoms with Crippen LogP contribution in [0.2, 0.25) is 0 Å². The first kappa shape index (κ1) is 21.8. The van der Waals surface area contributed by atoms with Crippen LogP contribution >= 0.6 is 0 Å². The third-order valence-corrected chi connectivity index (χ3v) is 4.16. The minimum absolute atomic E-state index is 0.0369. The average molecular weight is 366 g/mol. The number of hydrogen-bond acceptors (Lipinski definition) is 4. The summed E-state index contributed by atoms with van der Waals surface area (Å²) in [6, 6.07) is -0.708. The molecule has 0 saturated heterocycles. The van der Waals surface area contributed by atoms with Crippen molar-refractivity contribution in [3.05, 3.63) is 5.53 Å². The van der Waals surface area contributed by atoms with Gasteiger partial charge in [0.15, 0.2) is 0 Å². The van der Waals surface area contributed by atoms with Gasteiger partial charge in [0.2, 0.25) is 5.91 Å². The molecule has 2 amide bonds. The third-order valence-electron chi connectivity index (χ3n) is 4.16. The highest BCUT2D eigenvalue weighted by Crippen LogP contribution is 2.24. The lowest BCUT2D eigenvalue weighted by Gasteiger charge is -2.20. The van der Waals surface area contributed by atoms with E-state index >= 15 is 0 Å². The fourth-order valence-electron chi connectivity index (χ4n) is 2.89. The first-order valence-corrected chi connectivity index (χ1v) is 9.21. The zero-order valence-electron chi connectivity index (χ0n) is 15.9. The van der Waals surface area contributed by atoms with E-state index in [0.717, 1.165) is 31.9 Å². The van der Waals surface area contributed by atoms with Crippen molar-refractivity contribution in [2.24, 2.45) is 5.92 Å². The molecule has 0 aromatic carbocycles. The van der Waals surface area contributed by atoms with Crippen LogP contribution in [0.5, 0.6) is 0 Å². The van der Waals surface area contributed by atoms with Gasteiger partial charge in [-0.1, -0.05) is 12.8 Å². The Morgan fingerprint density at radius 3 is 2.46 bits per heavy atom. The number of alkyl carbamates (subject to hydrolysis) is 1. The number of hydrogen-bond donors (Lipinski definition) is 2. The molecule has 0 radical (unpaired) electrons. The molecule has 1 fully saturated rings. The summed E-state index contributed by atoms with van der Waals surface area (Å²) in [5.41, 5.74) is 8.02. The number of amides is 2. The SMILES string of the molecule is CC(C)(C)OC(=O)NCCCC[C@@H](NC(=O)C1CCCC1)C(=O)C=[N+]=[N-]. The minimum atomic E-state index is -0.708. The summed E-state index contributed by atoms with van der Waals surface area (Å²) in [5.74, 6) is -0.580. The van der Waals surface area contributed by atoms with Crippen molar-refractivity contribution in [3.63, 3.8) is 0 Å².